The maximum absolute atomic E-state index is 6.54. The molecule has 0 N–H and O–H groups in total. The molecule has 0 amide bonds. The molecule has 0 bridgehead atoms. The molecule has 0 aromatic heterocycles. The molecule has 3 heteroatoms. The van der Waals surface area contributed by atoms with E-state index in [9.17, 15) is 0 Å². The SMILES string of the molecule is CCCCC1CCC2(CC1)OCC(C)(N(CC)CCC)O2. The van der Waals surface area contributed by atoms with Gasteiger partial charge in [-0.15, -0.1) is 0 Å². The fourth-order valence-corrected chi connectivity index (χ4v) is 4.03. The van der Waals surface area contributed by atoms with Gasteiger partial charge in [-0.25, -0.2) is 0 Å². The van der Waals surface area contributed by atoms with Gasteiger partial charge in [0.15, 0.2) is 5.79 Å². The third kappa shape index (κ3) is 4.00. The van der Waals surface area contributed by atoms with Gasteiger partial charge in [-0.1, -0.05) is 40.0 Å². The van der Waals surface area contributed by atoms with Gasteiger partial charge < -0.3 is 9.47 Å². The van der Waals surface area contributed by atoms with Crippen molar-refractivity contribution >= 4 is 0 Å². The second kappa shape index (κ2) is 7.43. The Morgan fingerprint density at radius 2 is 1.81 bits per heavy atom. The van der Waals surface area contributed by atoms with E-state index in [-0.39, 0.29) is 11.5 Å². The Hall–Kier alpha value is -0.120. The lowest BCUT2D eigenvalue weighted by Gasteiger charge is -2.40. The van der Waals surface area contributed by atoms with Gasteiger partial charge in [0.05, 0.1) is 6.61 Å². The number of ether oxygens (including phenoxy) is 2. The summed E-state index contributed by atoms with van der Waals surface area (Å²) >= 11 is 0. The molecular weight excluding hydrogens is 262 g/mol. The summed E-state index contributed by atoms with van der Waals surface area (Å²) in [5, 5.41) is 0. The Kier molecular flexibility index (Phi) is 6.10. The maximum atomic E-state index is 6.54. The molecule has 0 radical (unpaired) electrons. The lowest BCUT2D eigenvalue weighted by atomic mass is 9.82. The van der Waals surface area contributed by atoms with Gasteiger partial charge in [0.1, 0.15) is 5.72 Å². The lowest BCUT2D eigenvalue weighted by Crippen LogP contribution is -2.50. The molecule has 1 saturated heterocycles. The van der Waals surface area contributed by atoms with E-state index >= 15 is 0 Å². The Bertz CT molecular complexity index is 312. The van der Waals surface area contributed by atoms with E-state index in [4.69, 9.17) is 9.47 Å². The number of hydrogen-bond donors (Lipinski definition) is 0. The first-order valence-electron chi connectivity index (χ1n) is 9.16. The highest BCUT2D eigenvalue weighted by Gasteiger charge is 2.51. The molecule has 0 aromatic carbocycles. The molecule has 2 aliphatic rings. The summed E-state index contributed by atoms with van der Waals surface area (Å²) in [6.45, 7) is 11.8. The predicted molar refractivity (Wildman–Crippen MR) is 87.2 cm³/mol. The molecular formula is C18H35NO2. The summed E-state index contributed by atoms with van der Waals surface area (Å²) < 4.78 is 12.8. The number of nitrogens with zero attached hydrogens (tertiary/aromatic N) is 1. The van der Waals surface area contributed by atoms with Crippen LogP contribution in [0.1, 0.15) is 79.1 Å². The van der Waals surface area contributed by atoms with E-state index in [1.165, 1.54) is 38.5 Å². The summed E-state index contributed by atoms with van der Waals surface area (Å²) in [5.74, 6) is 0.617. The van der Waals surface area contributed by atoms with Gasteiger partial charge in [0.2, 0.25) is 0 Å². The Labute approximate surface area is 131 Å². The van der Waals surface area contributed by atoms with Crippen molar-refractivity contribution in [2.45, 2.75) is 90.6 Å². The molecule has 2 fully saturated rings. The van der Waals surface area contributed by atoms with Gasteiger partial charge in [-0.05, 0) is 38.6 Å². The standard InChI is InChI=1S/C18H35NO2/c1-5-8-9-16-10-12-18(13-11-16)20-15-17(4,21-18)19(7-3)14-6-2/h16H,5-15H2,1-4H3. The Morgan fingerprint density at radius 3 is 2.38 bits per heavy atom. The molecule has 21 heavy (non-hydrogen) atoms. The van der Waals surface area contributed by atoms with Crippen molar-refractivity contribution in [3.05, 3.63) is 0 Å². The molecule has 1 unspecified atom stereocenters. The van der Waals surface area contributed by atoms with Crippen molar-refractivity contribution in [1.82, 2.24) is 4.90 Å². The average molecular weight is 297 g/mol. The smallest absolute Gasteiger partial charge is 0.171 e. The van der Waals surface area contributed by atoms with E-state index in [0.717, 1.165) is 38.5 Å². The molecule has 3 nitrogen and oxygen atoms in total. The van der Waals surface area contributed by atoms with Crippen LogP contribution in [-0.4, -0.2) is 36.1 Å². The van der Waals surface area contributed by atoms with Crippen molar-refractivity contribution in [3.63, 3.8) is 0 Å². The summed E-state index contributed by atoms with van der Waals surface area (Å²) in [5.41, 5.74) is -0.221. The zero-order chi connectivity index (χ0) is 15.3. The van der Waals surface area contributed by atoms with Gasteiger partial charge >= 0.3 is 0 Å². The molecule has 1 atom stereocenters. The minimum absolute atomic E-state index is 0.221. The second-order valence-corrected chi connectivity index (χ2v) is 7.14. The summed E-state index contributed by atoms with van der Waals surface area (Å²) in [6, 6.07) is 0. The Balaban J connectivity index is 1.89. The van der Waals surface area contributed by atoms with Crippen LogP contribution in [0.4, 0.5) is 0 Å². The lowest BCUT2D eigenvalue weighted by molar-refractivity contribution is -0.233. The molecule has 0 aromatic rings. The van der Waals surface area contributed by atoms with E-state index in [0.29, 0.717) is 0 Å². The molecule has 124 valence electrons. The van der Waals surface area contributed by atoms with Crippen LogP contribution in [0, 0.1) is 5.92 Å². The van der Waals surface area contributed by atoms with E-state index < -0.39 is 0 Å². The first kappa shape index (κ1) is 17.2. The van der Waals surface area contributed by atoms with Crippen molar-refractivity contribution in [2.24, 2.45) is 5.92 Å². The van der Waals surface area contributed by atoms with Crippen LogP contribution in [0.3, 0.4) is 0 Å². The first-order chi connectivity index (χ1) is 10.1. The molecule has 1 aliphatic carbocycles. The maximum Gasteiger partial charge on any atom is 0.171 e. The number of likely N-dealkylation sites (N-methyl/N-ethyl adjacent to an activating group) is 1. The molecule has 2 rings (SSSR count). The Morgan fingerprint density at radius 1 is 1.10 bits per heavy atom. The molecule has 1 spiro atoms. The van der Waals surface area contributed by atoms with E-state index in [1.54, 1.807) is 0 Å². The summed E-state index contributed by atoms with van der Waals surface area (Å²) in [6.07, 6.45) is 9.96. The zero-order valence-corrected chi connectivity index (χ0v) is 14.6. The van der Waals surface area contributed by atoms with Gasteiger partial charge in [0, 0.05) is 19.4 Å². The fourth-order valence-electron chi connectivity index (χ4n) is 4.03. The minimum atomic E-state index is -0.279. The number of hydrogen-bond acceptors (Lipinski definition) is 3. The van der Waals surface area contributed by atoms with Crippen LogP contribution in [0.5, 0.6) is 0 Å². The number of unbranched alkanes of at least 4 members (excludes halogenated alkanes) is 1. The highest BCUT2D eigenvalue weighted by atomic mass is 16.8. The van der Waals surface area contributed by atoms with Crippen LogP contribution in [0.15, 0.2) is 0 Å². The second-order valence-electron chi connectivity index (χ2n) is 7.14. The highest BCUT2D eigenvalue weighted by molar-refractivity contribution is 4.91. The number of rotatable bonds is 7. The van der Waals surface area contributed by atoms with Crippen molar-refractivity contribution in [2.75, 3.05) is 19.7 Å². The van der Waals surface area contributed by atoms with Gasteiger partial charge in [0.25, 0.3) is 0 Å². The third-order valence-corrected chi connectivity index (χ3v) is 5.39. The normalized spacial score (nSPS) is 36.7. The van der Waals surface area contributed by atoms with Gasteiger partial charge in [-0.2, -0.15) is 0 Å². The predicted octanol–water partition coefficient (Wildman–Crippen LogP) is 4.56. The largest absolute Gasteiger partial charge is 0.345 e. The van der Waals surface area contributed by atoms with Gasteiger partial charge in [-0.3, -0.25) is 4.90 Å². The van der Waals surface area contributed by atoms with Crippen LogP contribution < -0.4 is 0 Å². The van der Waals surface area contributed by atoms with Crippen LogP contribution in [-0.2, 0) is 9.47 Å². The summed E-state index contributed by atoms with van der Waals surface area (Å²) in [7, 11) is 0. The minimum Gasteiger partial charge on any atom is -0.345 e. The topological polar surface area (TPSA) is 21.7 Å². The molecule has 1 saturated carbocycles. The summed E-state index contributed by atoms with van der Waals surface area (Å²) in [4.78, 5) is 2.44. The van der Waals surface area contributed by atoms with Crippen LogP contribution in [0.2, 0.25) is 0 Å². The van der Waals surface area contributed by atoms with E-state index in [1.807, 2.05) is 0 Å². The molecule has 1 aliphatic heterocycles. The third-order valence-electron chi connectivity index (χ3n) is 5.39. The van der Waals surface area contributed by atoms with E-state index in [2.05, 4.69) is 32.6 Å². The van der Waals surface area contributed by atoms with Crippen molar-refractivity contribution < 1.29 is 9.47 Å². The quantitative estimate of drug-likeness (QED) is 0.687. The van der Waals surface area contributed by atoms with Crippen LogP contribution in [0.25, 0.3) is 0 Å². The van der Waals surface area contributed by atoms with Crippen molar-refractivity contribution in [3.8, 4) is 0 Å². The molecule has 1 heterocycles. The average Bonchev–Trinajstić information content (AvgIpc) is 2.82. The monoisotopic (exact) mass is 297 g/mol. The fraction of sp³-hybridized carbons (Fsp3) is 1.00. The van der Waals surface area contributed by atoms with Crippen molar-refractivity contribution in [1.29, 1.82) is 0 Å². The first-order valence-corrected chi connectivity index (χ1v) is 9.16. The van der Waals surface area contributed by atoms with Crippen LogP contribution >= 0.6 is 0 Å². The highest BCUT2D eigenvalue weighted by Crippen LogP contribution is 2.45. The zero-order valence-electron chi connectivity index (χ0n) is 14.6.